The van der Waals surface area contributed by atoms with Gasteiger partial charge in [-0.3, -0.25) is 19.7 Å². The second kappa shape index (κ2) is 12.7. The Bertz CT molecular complexity index is 1290. The molecule has 1 aromatic heterocycles. The summed E-state index contributed by atoms with van der Waals surface area (Å²) < 4.78 is 11.2. The van der Waals surface area contributed by atoms with Gasteiger partial charge in [-0.25, -0.2) is 5.43 Å². The van der Waals surface area contributed by atoms with E-state index in [2.05, 4.69) is 15.8 Å². The first-order valence-corrected chi connectivity index (χ1v) is 11.9. The van der Waals surface area contributed by atoms with Gasteiger partial charge in [-0.05, 0) is 61.2 Å². The van der Waals surface area contributed by atoms with Crippen molar-refractivity contribution in [1.29, 1.82) is 0 Å². The third kappa shape index (κ3) is 8.18. The van der Waals surface area contributed by atoms with Crippen LogP contribution >= 0.6 is 11.6 Å². The maximum Gasteiger partial charge on any atom is 0.270 e. The first-order chi connectivity index (χ1) is 17.6. The number of nitrogens with zero attached hydrogens (tertiary/aromatic N) is 2. The molecular weight excluding hydrogens is 500 g/mol. The monoisotopic (exact) mass is 526 g/mol. The van der Waals surface area contributed by atoms with Crippen molar-refractivity contribution < 1.29 is 23.7 Å². The fraction of sp³-hybridized carbons (Fsp3) is 0.269. The molecule has 0 aliphatic heterocycles. The van der Waals surface area contributed by atoms with Crippen LogP contribution in [0.15, 0.2) is 64.1 Å². The maximum atomic E-state index is 12.7. The number of aryl methyl sites for hydroxylation is 1. The van der Waals surface area contributed by atoms with Crippen molar-refractivity contribution in [2.24, 2.45) is 11.0 Å². The summed E-state index contributed by atoms with van der Waals surface area (Å²) in [4.78, 5) is 35.7. The number of rotatable bonds is 11. The minimum atomic E-state index is -0.821. The zero-order chi connectivity index (χ0) is 26.9. The second-order valence-corrected chi connectivity index (χ2v) is 9.12. The summed E-state index contributed by atoms with van der Waals surface area (Å²) in [6.45, 7) is 5.42. The smallest absolute Gasteiger partial charge is 0.270 e. The Morgan fingerprint density at radius 3 is 2.57 bits per heavy atom. The summed E-state index contributed by atoms with van der Waals surface area (Å²) in [5, 5.41) is 18.2. The number of hydrogen-bond donors (Lipinski definition) is 2. The average Bonchev–Trinajstić information content (AvgIpc) is 3.31. The lowest BCUT2D eigenvalue weighted by molar-refractivity contribution is -0.384. The van der Waals surface area contributed by atoms with E-state index in [1.807, 2.05) is 20.8 Å². The van der Waals surface area contributed by atoms with Gasteiger partial charge in [-0.2, -0.15) is 5.10 Å². The van der Waals surface area contributed by atoms with Crippen LogP contribution in [0.25, 0.3) is 11.3 Å². The second-order valence-electron chi connectivity index (χ2n) is 8.68. The van der Waals surface area contributed by atoms with E-state index in [-0.39, 0.29) is 18.2 Å². The fourth-order valence-corrected chi connectivity index (χ4v) is 3.54. The van der Waals surface area contributed by atoms with Gasteiger partial charge in [0.2, 0.25) is 0 Å². The summed E-state index contributed by atoms with van der Waals surface area (Å²) in [7, 11) is 0. The number of furan rings is 1. The number of carbonyl (C=O) groups is 2. The van der Waals surface area contributed by atoms with Gasteiger partial charge in [0.15, 0.2) is 6.61 Å². The lowest BCUT2D eigenvalue weighted by Gasteiger charge is -2.19. The van der Waals surface area contributed by atoms with E-state index in [0.717, 1.165) is 5.56 Å². The molecule has 2 N–H and O–H groups in total. The molecule has 3 rings (SSSR count). The topological polar surface area (TPSA) is 136 Å². The van der Waals surface area contributed by atoms with Gasteiger partial charge in [0.05, 0.1) is 11.1 Å². The molecule has 2 aromatic carbocycles. The predicted octanol–water partition coefficient (Wildman–Crippen LogP) is 4.88. The molecule has 1 heterocycles. The highest BCUT2D eigenvalue weighted by molar-refractivity contribution is 6.30. The number of nitro groups is 1. The van der Waals surface area contributed by atoms with Gasteiger partial charge in [-0.1, -0.05) is 31.5 Å². The van der Waals surface area contributed by atoms with E-state index in [1.165, 1.54) is 18.3 Å². The molecule has 0 fully saturated rings. The number of carbonyl (C=O) groups excluding carboxylic acids is 2. The van der Waals surface area contributed by atoms with E-state index in [1.54, 1.807) is 42.5 Å². The molecule has 3 aromatic rings. The molecule has 0 saturated heterocycles. The lowest BCUT2D eigenvalue weighted by atomic mass is 10.0. The van der Waals surface area contributed by atoms with Crippen molar-refractivity contribution in [3.05, 3.63) is 81.1 Å². The molecule has 10 nitrogen and oxygen atoms in total. The van der Waals surface area contributed by atoms with Crippen molar-refractivity contribution in [1.82, 2.24) is 10.7 Å². The summed E-state index contributed by atoms with van der Waals surface area (Å²) in [6, 6.07) is 13.6. The van der Waals surface area contributed by atoms with Crippen LogP contribution in [0.2, 0.25) is 5.02 Å². The number of benzene rings is 2. The average molecular weight is 527 g/mol. The molecule has 0 radical (unpaired) electrons. The van der Waals surface area contributed by atoms with Crippen LogP contribution in [0.1, 0.15) is 31.6 Å². The number of nitrogens with one attached hydrogen (secondary N) is 2. The van der Waals surface area contributed by atoms with Gasteiger partial charge in [0, 0.05) is 22.7 Å². The number of hydrazone groups is 1. The van der Waals surface area contributed by atoms with Crippen molar-refractivity contribution in [2.75, 3.05) is 6.61 Å². The van der Waals surface area contributed by atoms with Crippen molar-refractivity contribution in [2.45, 2.75) is 33.2 Å². The summed E-state index contributed by atoms with van der Waals surface area (Å²) in [5.74, 6) is 0.422. The number of non-ortho nitro benzene ring substituents is 1. The minimum absolute atomic E-state index is 0.0451. The van der Waals surface area contributed by atoms with Crippen LogP contribution in [-0.2, 0) is 9.59 Å². The van der Waals surface area contributed by atoms with E-state index in [0.29, 0.717) is 34.3 Å². The van der Waals surface area contributed by atoms with Gasteiger partial charge < -0.3 is 14.5 Å². The molecule has 2 amide bonds. The highest BCUT2D eigenvalue weighted by atomic mass is 35.5. The molecule has 11 heteroatoms. The first kappa shape index (κ1) is 27.4. The molecule has 0 bridgehead atoms. The van der Waals surface area contributed by atoms with Gasteiger partial charge in [0.1, 0.15) is 23.3 Å². The molecule has 194 valence electrons. The van der Waals surface area contributed by atoms with Crippen LogP contribution in [0.5, 0.6) is 5.75 Å². The third-order valence-electron chi connectivity index (χ3n) is 5.23. The van der Waals surface area contributed by atoms with Gasteiger partial charge in [0.25, 0.3) is 17.5 Å². The van der Waals surface area contributed by atoms with E-state index in [4.69, 9.17) is 20.8 Å². The molecule has 0 aliphatic rings. The van der Waals surface area contributed by atoms with Gasteiger partial charge >= 0.3 is 0 Å². The Morgan fingerprint density at radius 1 is 1.16 bits per heavy atom. The fourth-order valence-electron chi connectivity index (χ4n) is 3.41. The Kier molecular flexibility index (Phi) is 9.39. The van der Waals surface area contributed by atoms with E-state index >= 15 is 0 Å². The molecule has 0 aliphatic carbocycles. The van der Waals surface area contributed by atoms with Gasteiger partial charge in [-0.15, -0.1) is 0 Å². The molecular formula is C26H27ClN4O6. The van der Waals surface area contributed by atoms with Crippen LogP contribution in [0.3, 0.4) is 0 Å². The quantitative estimate of drug-likeness (QED) is 0.208. The molecule has 0 spiro atoms. The van der Waals surface area contributed by atoms with Crippen LogP contribution in [-0.4, -0.2) is 35.6 Å². The van der Waals surface area contributed by atoms with Crippen molar-refractivity contribution in [3.8, 4) is 17.1 Å². The van der Waals surface area contributed by atoms with Crippen LogP contribution < -0.4 is 15.5 Å². The highest BCUT2D eigenvalue weighted by Gasteiger charge is 2.22. The normalized spacial score (nSPS) is 11.9. The van der Waals surface area contributed by atoms with Crippen molar-refractivity contribution in [3.63, 3.8) is 0 Å². The number of halogens is 1. The minimum Gasteiger partial charge on any atom is -0.484 e. The zero-order valence-electron chi connectivity index (χ0n) is 20.6. The maximum absolute atomic E-state index is 12.7. The summed E-state index contributed by atoms with van der Waals surface area (Å²) in [5.41, 5.74) is 3.76. The van der Waals surface area contributed by atoms with E-state index in [9.17, 15) is 19.7 Å². The standard InChI is InChI=1S/C26H27ClN4O6/c1-16(2)12-23(29-25(32)15-36-20-8-5-18(27)6-9-20)26(33)30-28-14-21-10-11-24(37-21)22-13-19(31(34)35)7-4-17(22)3/h4-11,13-14,16,23H,12,15H2,1-3H3,(H,29,32)(H,30,33)/b28-14-/t23-/m1/s1. The molecule has 37 heavy (non-hydrogen) atoms. The SMILES string of the molecule is Cc1ccc([N+](=O)[O-])cc1-c1ccc(/C=N\NC(=O)[C@@H](CC(C)C)NC(=O)COc2ccc(Cl)cc2)o1. The number of nitro benzene ring substituents is 1. The van der Waals surface area contributed by atoms with E-state index < -0.39 is 22.8 Å². The Balaban J connectivity index is 1.59. The Morgan fingerprint density at radius 2 is 1.89 bits per heavy atom. The lowest BCUT2D eigenvalue weighted by Crippen LogP contribution is -2.47. The number of ether oxygens (including phenoxy) is 1. The highest BCUT2D eigenvalue weighted by Crippen LogP contribution is 2.28. The first-order valence-electron chi connectivity index (χ1n) is 11.5. The van der Waals surface area contributed by atoms with Crippen LogP contribution in [0, 0.1) is 23.0 Å². The summed E-state index contributed by atoms with van der Waals surface area (Å²) >= 11 is 5.84. The van der Waals surface area contributed by atoms with Crippen LogP contribution in [0.4, 0.5) is 5.69 Å². The Hall–Kier alpha value is -4.18. The Labute approximate surface area is 218 Å². The number of amides is 2. The molecule has 0 unspecified atom stereocenters. The number of hydrogen-bond acceptors (Lipinski definition) is 7. The largest absolute Gasteiger partial charge is 0.484 e. The zero-order valence-corrected chi connectivity index (χ0v) is 21.3. The van der Waals surface area contributed by atoms with Crippen molar-refractivity contribution >= 4 is 35.3 Å². The predicted molar refractivity (Wildman–Crippen MR) is 140 cm³/mol. The summed E-state index contributed by atoms with van der Waals surface area (Å²) in [6.07, 6.45) is 1.71. The molecule has 0 saturated carbocycles. The molecule has 1 atom stereocenters. The third-order valence-corrected chi connectivity index (χ3v) is 5.49.